The predicted molar refractivity (Wildman–Crippen MR) is 69.3 cm³/mol. The standard InChI is InChI=1S/C14H20F3NO/c1-4-12(18-5-2)10(3)19-13-9-7-6-8-11(13)14(15,16)17/h6-10,12,18H,4-5H2,1-3H3. The number of nitrogens with one attached hydrogen (secondary N) is 1. The maximum absolute atomic E-state index is 12.8. The first-order valence-corrected chi connectivity index (χ1v) is 6.46. The fourth-order valence-electron chi connectivity index (χ4n) is 1.99. The lowest BCUT2D eigenvalue weighted by Crippen LogP contribution is -2.41. The Hall–Kier alpha value is -1.23. The van der Waals surface area contributed by atoms with Gasteiger partial charge < -0.3 is 10.1 Å². The minimum absolute atomic E-state index is 0.0336. The van der Waals surface area contributed by atoms with E-state index in [2.05, 4.69) is 5.32 Å². The summed E-state index contributed by atoms with van der Waals surface area (Å²) in [4.78, 5) is 0. The Morgan fingerprint density at radius 1 is 1.21 bits per heavy atom. The highest BCUT2D eigenvalue weighted by molar-refractivity contribution is 5.35. The molecule has 0 aliphatic rings. The number of ether oxygens (including phenoxy) is 1. The third-order valence-electron chi connectivity index (χ3n) is 2.98. The Morgan fingerprint density at radius 3 is 2.37 bits per heavy atom. The van der Waals surface area contributed by atoms with Crippen LogP contribution < -0.4 is 10.1 Å². The molecular weight excluding hydrogens is 255 g/mol. The zero-order chi connectivity index (χ0) is 14.5. The quantitative estimate of drug-likeness (QED) is 0.851. The van der Waals surface area contributed by atoms with Gasteiger partial charge in [-0.05, 0) is 32.0 Å². The monoisotopic (exact) mass is 275 g/mol. The van der Waals surface area contributed by atoms with Gasteiger partial charge in [0.1, 0.15) is 11.9 Å². The smallest absolute Gasteiger partial charge is 0.419 e. The molecule has 0 amide bonds. The molecule has 0 aromatic heterocycles. The zero-order valence-electron chi connectivity index (χ0n) is 11.4. The summed E-state index contributed by atoms with van der Waals surface area (Å²) in [6.07, 6.45) is -3.92. The molecule has 19 heavy (non-hydrogen) atoms. The molecular formula is C14H20F3NO. The summed E-state index contributed by atoms with van der Waals surface area (Å²) >= 11 is 0. The van der Waals surface area contributed by atoms with Crippen LogP contribution in [0.1, 0.15) is 32.8 Å². The van der Waals surface area contributed by atoms with Gasteiger partial charge in [-0.15, -0.1) is 0 Å². The fraction of sp³-hybridized carbons (Fsp3) is 0.571. The van der Waals surface area contributed by atoms with Crippen molar-refractivity contribution in [2.45, 2.75) is 45.5 Å². The van der Waals surface area contributed by atoms with Gasteiger partial charge >= 0.3 is 6.18 Å². The molecule has 1 aromatic rings. The summed E-state index contributed by atoms with van der Waals surface area (Å²) in [5.74, 6) is -0.112. The summed E-state index contributed by atoms with van der Waals surface area (Å²) in [5, 5.41) is 3.20. The maximum atomic E-state index is 12.8. The van der Waals surface area contributed by atoms with Crippen LogP contribution in [0.3, 0.4) is 0 Å². The van der Waals surface area contributed by atoms with E-state index in [1.165, 1.54) is 12.1 Å². The molecule has 1 aromatic carbocycles. The number of likely N-dealkylation sites (N-methyl/N-ethyl adjacent to an activating group) is 1. The van der Waals surface area contributed by atoms with Gasteiger partial charge in [-0.3, -0.25) is 0 Å². The van der Waals surface area contributed by atoms with E-state index in [9.17, 15) is 13.2 Å². The number of halogens is 3. The van der Waals surface area contributed by atoms with E-state index < -0.39 is 11.7 Å². The van der Waals surface area contributed by atoms with Gasteiger partial charge in [-0.2, -0.15) is 13.2 Å². The largest absolute Gasteiger partial charge is 0.488 e. The Bertz CT molecular complexity index is 393. The average Bonchev–Trinajstić information content (AvgIpc) is 2.35. The van der Waals surface area contributed by atoms with E-state index in [1.807, 2.05) is 13.8 Å². The van der Waals surface area contributed by atoms with Crippen molar-refractivity contribution in [2.75, 3.05) is 6.54 Å². The Morgan fingerprint density at radius 2 is 1.84 bits per heavy atom. The van der Waals surface area contributed by atoms with E-state index in [1.54, 1.807) is 13.0 Å². The maximum Gasteiger partial charge on any atom is 0.419 e. The number of hydrogen-bond acceptors (Lipinski definition) is 2. The van der Waals surface area contributed by atoms with Gasteiger partial charge in [0.2, 0.25) is 0 Å². The Kier molecular flexibility index (Phi) is 5.66. The highest BCUT2D eigenvalue weighted by Gasteiger charge is 2.34. The highest BCUT2D eigenvalue weighted by atomic mass is 19.4. The van der Waals surface area contributed by atoms with Crippen LogP contribution in [0, 0.1) is 0 Å². The summed E-state index contributed by atoms with van der Waals surface area (Å²) in [5.41, 5.74) is -0.729. The van der Waals surface area contributed by atoms with Gasteiger partial charge in [0, 0.05) is 6.04 Å². The third-order valence-corrected chi connectivity index (χ3v) is 2.98. The van der Waals surface area contributed by atoms with Crippen LogP contribution in [0.15, 0.2) is 24.3 Å². The summed E-state index contributed by atoms with van der Waals surface area (Å²) in [6, 6.07) is 5.34. The molecule has 0 radical (unpaired) electrons. The van der Waals surface area contributed by atoms with Crippen molar-refractivity contribution < 1.29 is 17.9 Å². The molecule has 0 spiro atoms. The molecule has 108 valence electrons. The van der Waals surface area contributed by atoms with Gasteiger partial charge in [0.25, 0.3) is 0 Å². The van der Waals surface area contributed by atoms with E-state index >= 15 is 0 Å². The number of para-hydroxylation sites is 1. The van der Waals surface area contributed by atoms with Crippen molar-refractivity contribution in [3.63, 3.8) is 0 Å². The molecule has 2 unspecified atom stereocenters. The number of rotatable bonds is 6. The van der Waals surface area contributed by atoms with Crippen LogP contribution in [0.25, 0.3) is 0 Å². The molecule has 0 aliphatic carbocycles. The molecule has 0 heterocycles. The lowest BCUT2D eigenvalue weighted by molar-refractivity contribution is -0.139. The summed E-state index contributed by atoms with van der Waals surface area (Å²) in [6.45, 7) is 6.47. The normalized spacial score (nSPS) is 15.1. The molecule has 2 nitrogen and oxygen atoms in total. The van der Waals surface area contributed by atoms with E-state index in [0.717, 1.165) is 19.0 Å². The second-order valence-electron chi connectivity index (χ2n) is 4.39. The van der Waals surface area contributed by atoms with E-state index in [4.69, 9.17) is 4.74 Å². The number of alkyl halides is 3. The second kappa shape index (κ2) is 6.80. The van der Waals surface area contributed by atoms with Gasteiger partial charge in [0.15, 0.2) is 0 Å². The Labute approximate surface area is 112 Å². The van der Waals surface area contributed by atoms with Crippen molar-refractivity contribution in [3.05, 3.63) is 29.8 Å². The molecule has 0 fully saturated rings. The van der Waals surface area contributed by atoms with Crippen molar-refractivity contribution in [1.82, 2.24) is 5.32 Å². The van der Waals surface area contributed by atoms with Crippen molar-refractivity contribution in [2.24, 2.45) is 0 Å². The fourth-order valence-corrected chi connectivity index (χ4v) is 1.99. The molecule has 5 heteroatoms. The van der Waals surface area contributed by atoms with Crippen LogP contribution >= 0.6 is 0 Å². The predicted octanol–water partition coefficient (Wildman–Crippen LogP) is 3.86. The third kappa shape index (κ3) is 4.42. The topological polar surface area (TPSA) is 21.3 Å². The minimum atomic E-state index is -4.39. The van der Waals surface area contributed by atoms with Gasteiger partial charge in [0.05, 0.1) is 5.56 Å². The first kappa shape index (κ1) is 15.8. The number of hydrogen-bond donors (Lipinski definition) is 1. The second-order valence-corrected chi connectivity index (χ2v) is 4.39. The van der Waals surface area contributed by atoms with Gasteiger partial charge in [-0.1, -0.05) is 26.0 Å². The molecule has 0 bridgehead atoms. The molecule has 0 saturated heterocycles. The first-order chi connectivity index (χ1) is 8.90. The van der Waals surface area contributed by atoms with Crippen molar-refractivity contribution in [1.29, 1.82) is 0 Å². The van der Waals surface area contributed by atoms with Crippen LogP contribution in [0.5, 0.6) is 5.75 Å². The van der Waals surface area contributed by atoms with Crippen LogP contribution in [0.4, 0.5) is 13.2 Å². The summed E-state index contributed by atoms with van der Waals surface area (Å²) in [7, 11) is 0. The lowest BCUT2D eigenvalue weighted by Gasteiger charge is -2.26. The van der Waals surface area contributed by atoms with Gasteiger partial charge in [-0.25, -0.2) is 0 Å². The van der Waals surface area contributed by atoms with Crippen molar-refractivity contribution >= 4 is 0 Å². The average molecular weight is 275 g/mol. The zero-order valence-corrected chi connectivity index (χ0v) is 11.4. The Balaban J connectivity index is 2.87. The first-order valence-electron chi connectivity index (χ1n) is 6.46. The molecule has 1 rings (SSSR count). The van der Waals surface area contributed by atoms with Crippen LogP contribution in [-0.2, 0) is 6.18 Å². The van der Waals surface area contributed by atoms with E-state index in [0.29, 0.717) is 0 Å². The molecule has 1 N–H and O–H groups in total. The summed E-state index contributed by atoms with van der Waals surface area (Å²) < 4.78 is 44.0. The number of benzene rings is 1. The van der Waals surface area contributed by atoms with Crippen molar-refractivity contribution in [3.8, 4) is 5.75 Å². The SMILES string of the molecule is CCNC(CC)C(C)Oc1ccccc1C(F)(F)F. The van der Waals surface area contributed by atoms with E-state index in [-0.39, 0.29) is 17.9 Å². The molecule has 0 aliphatic heterocycles. The highest BCUT2D eigenvalue weighted by Crippen LogP contribution is 2.36. The molecule has 0 saturated carbocycles. The van der Waals surface area contributed by atoms with Crippen LogP contribution in [0.2, 0.25) is 0 Å². The molecule has 2 atom stereocenters. The minimum Gasteiger partial charge on any atom is -0.488 e. The lowest BCUT2D eigenvalue weighted by atomic mass is 10.1. The van der Waals surface area contributed by atoms with Crippen LogP contribution in [-0.4, -0.2) is 18.7 Å².